The van der Waals surface area contributed by atoms with Crippen LogP contribution in [-0.4, -0.2) is 28.8 Å². The van der Waals surface area contributed by atoms with Crippen molar-refractivity contribution < 1.29 is 9.53 Å². The Morgan fingerprint density at radius 1 is 1.42 bits per heavy atom. The first kappa shape index (κ1) is 13.7. The molecule has 0 bridgehead atoms. The van der Waals surface area contributed by atoms with Crippen molar-refractivity contribution in [3.63, 3.8) is 0 Å². The van der Waals surface area contributed by atoms with Crippen molar-refractivity contribution in [2.75, 3.05) is 7.11 Å². The van der Waals surface area contributed by atoms with Crippen LogP contribution in [0.2, 0.25) is 0 Å². The van der Waals surface area contributed by atoms with Crippen LogP contribution in [0.25, 0.3) is 0 Å². The van der Waals surface area contributed by atoms with Gasteiger partial charge in [-0.3, -0.25) is 16.3 Å². The van der Waals surface area contributed by atoms with E-state index in [1.54, 1.807) is 12.0 Å². The lowest BCUT2D eigenvalue weighted by atomic mass is 10.1. The van der Waals surface area contributed by atoms with Gasteiger partial charge in [0.15, 0.2) is 10.9 Å². The molecule has 1 aromatic rings. The van der Waals surface area contributed by atoms with Crippen LogP contribution in [0, 0.1) is 0 Å². The van der Waals surface area contributed by atoms with Crippen LogP contribution in [0.5, 0.6) is 5.75 Å². The number of amides is 1. The van der Waals surface area contributed by atoms with E-state index in [4.69, 9.17) is 28.4 Å². The summed E-state index contributed by atoms with van der Waals surface area (Å²) in [6.45, 7) is 0.427. The molecule has 0 saturated carbocycles. The second kappa shape index (κ2) is 5.12. The van der Waals surface area contributed by atoms with Crippen LogP contribution in [0.15, 0.2) is 24.3 Å². The summed E-state index contributed by atoms with van der Waals surface area (Å²) in [4.78, 5) is 13.0. The first-order chi connectivity index (χ1) is 8.92. The van der Waals surface area contributed by atoms with Gasteiger partial charge in [-0.2, -0.15) is 0 Å². The highest BCUT2D eigenvalue weighted by molar-refractivity contribution is 7.80. The summed E-state index contributed by atoms with van der Waals surface area (Å²) in [5.74, 6) is -0.759. The fraction of sp³-hybridized carbons (Fsp3) is 0.333. The average Bonchev–Trinajstić information content (AvgIpc) is 2.34. The number of ether oxygens (including phenoxy) is 1. The minimum Gasteiger partial charge on any atom is -0.497 e. The second-order valence-electron chi connectivity index (χ2n) is 4.46. The molecule has 0 spiro atoms. The van der Waals surface area contributed by atoms with E-state index in [1.807, 2.05) is 24.3 Å². The van der Waals surface area contributed by atoms with Crippen LogP contribution >= 0.6 is 12.2 Å². The quantitative estimate of drug-likeness (QED) is 0.528. The van der Waals surface area contributed by atoms with E-state index in [-0.39, 0.29) is 17.4 Å². The van der Waals surface area contributed by atoms with Crippen LogP contribution in [0.4, 0.5) is 0 Å². The average molecular weight is 280 g/mol. The van der Waals surface area contributed by atoms with Crippen LogP contribution in [0.1, 0.15) is 12.0 Å². The van der Waals surface area contributed by atoms with E-state index in [9.17, 15) is 4.79 Å². The second-order valence-corrected chi connectivity index (χ2v) is 4.84. The molecule has 1 heterocycles. The number of benzene rings is 1. The van der Waals surface area contributed by atoms with Crippen LogP contribution in [-0.2, 0) is 11.3 Å². The lowest BCUT2D eigenvalue weighted by molar-refractivity contribution is -0.124. The maximum atomic E-state index is 11.4. The molecule has 19 heavy (non-hydrogen) atoms. The van der Waals surface area contributed by atoms with Crippen molar-refractivity contribution in [1.82, 2.24) is 10.2 Å². The molecule has 0 radical (unpaired) electrons. The van der Waals surface area contributed by atoms with Gasteiger partial charge in [-0.25, -0.2) is 0 Å². The van der Waals surface area contributed by atoms with Crippen LogP contribution in [0.3, 0.4) is 0 Å². The Hall–Kier alpha value is -1.70. The monoisotopic (exact) mass is 280 g/mol. The molecule has 1 fully saturated rings. The third kappa shape index (κ3) is 3.01. The number of nitrogens with one attached hydrogen (secondary N) is 1. The van der Waals surface area contributed by atoms with Crippen molar-refractivity contribution >= 4 is 23.2 Å². The molecule has 0 aromatic heterocycles. The van der Waals surface area contributed by atoms with Gasteiger partial charge in [-0.05, 0) is 29.9 Å². The minimum atomic E-state index is -1.26. The van der Waals surface area contributed by atoms with Gasteiger partial charge < -0.3 is 15.0 Å². The number of nitrogens with two attached hydrogens (primary N) is 2. The summed E-state index contributed by atoms with van der Waals surface area (Å²) in [6.07, 6.45) is 0.00327. The summed E-state index contributed by atoms with van der Waals surface area (Å²) in [7, 11) is 1.61. The highest BCUT2D eigenvalue weighted by Crippen LogP contribution is 2.19. The minimum absolute atomic E-state index is 0.00327. The fourth-order valence-electron chi connectivity index (χ4n) is 1.91. The van der Waals surface area contributed by atoms with Crippen molar-refractivity contribution in [3.8, 4) is 5.75 Å². The summed E-state index contributed by atoms with van der Waals surface area (Å²) in [6, 6.07) is 7.48. The highest BCUT2D eigenvalue weighted by Gasteiger charge is 2.37. The van der Waals surface area contributed by atoms with Gasteiger partial charge in [-0.15, -0.1) is 0 Å². The first-order valence-electron chi connectivity index (χ1n) is 5.74. The van der Waals surface area contributed by atoms with Gasteiger partial charge >= 0.3 is 0 Å². The predicted octanol–water partition coefficient (Wildman–Crippen LogP) is -0.127. The number of rotatable bonds is 3. The maximum Gasteiger partial charge on any atom is 0.231 e. The van der Waals surface area contributed by atoms with Crippen molar-refractivity contribution in [3.05, 3.63) is 29.8 Å². The SMILES string of the molecule is COc1ccc(CN2C(=S)NC(=O)CC2(N)N)cc1. The highest BCUT2D eigenvalue weighted by atomic mass is 32.1. The first-order valence-corrected chi connectivity index (χ1v) is 6.15. The van der Waals surface area contributed by atoms with Gasteiger partial charge in [0.1, 0.15) is 5.75 Å². The van der Waals surface area contributed by atoms with Gasteiger partial charge in [0.05, 0.1) is 13.5 Å². The molecule has 5 N–H and O–H groups in total. The van der Waals surface area contributed by atoms with E-state index >= 15 is 0 Å². The molecular weight excluding hydrogens is 264 g/mol. The molecule has 2 rings (SSSR count). The number of hydrogen-bond acceptors (Lipinski definition) is 5. The number of nitrogens with zero attached hydrogens (tertiary/aromatic N) is 1. The van der Waals surface area contributed by atoms with Gasteiger partial charge in [-0.1, -0.05) is 12.1 Å². The van der Waals surface area contributed by atoms with Gasteiger partial charge in [0, 0.05) is 6.54 Å². The zero-order valence-electron chi connectivity index (χ0n) is 10.6. The molecule has 1 aliphatic rings. The third-order valence-electron chi connectivity index (χ3n) is 2.94. The molecule has 1 saturated heterocycles. The number of thiocarbonyl (C=S) groups is 1. The lowest BCUT2D eigenvalue weighted by Gasteiger charge is -2.42. The van der Waals surface area contributed by atoms with Crippen molar-refractivity contribution in [2.45, 2.75) is 18.8 Å². The Balaban J connectivity index is 2.16. The molecule has 7 heteroatoms. The summed E-state index contributed by atoms with van der Waals surface area (Å²) < 4.78 is 5.09. The zero-order chi connectivity index (χ0) is 14.0. The molecule has 0 unspecified atom stereocenters. The standard InChI is InChI=1S/C12H16N4O2S/c1-18-9-4-2-8(3-5-9)7-16-11(19)15-10(17)6-12(16,13)14/h2-5H,6-7,13-14H2,1H3,(H,15,17,19). The van der Waals surface area contributed by atoms with E-state index in [1.165, 1.54) is 0 Å². The number of methoxy groups -OCH3 is 1. The van der Waals surface area contributed by atoms with E-state index in [2.05, 4.69) is 5.32 Å². The van der Waals surface area contributed by atoms with E-state index in [0.29, 0.717) is 6.54 Å². The number of carbonyl (C=O) groups excluding carboxylic acids is 1. The molecule has 1 aromatic carbocycles. The molecule has 0 atom stereocenters. The van der Waals surface area contributed by atoms with Gasteiger partial charge in [0.25, 0.3) is 0 Å². The Morgan fingerprint density at radius 3 is 2.58 bits per heavy atom. The summed E-state index contributed by atoms with van der Waals surface area (Å²) in [5, 5.41) is 2.81. The van der Waals surface area contributed by atoms with Crippen molar-refractivity contribution in [2.24, 2.45) is 11.5 Å². The third-order valence-corrected chi connectivity index (χ3v) is 3.26. The summed E-state index contributed by atoms with van der Waals surface area (Å²) in [5.41, 5.74) is 12.8. The molecule has 1 amide bonds. The van der Waals surface area contributed by atoms with E-state index in [0.717, 1.165) is 11.3 Å². The molecule has 102 valence electrons. The topological polar surface area (TPSA) is 93.6 Å². The van der Waals surface area contributed by atoms with Gasteiger partial charge in [0.2, 0.25) is 5.91 Å². The number of hydrogen-bond donors (Lipinski definition) is 3. The lowest BCUT2D eigenvalue weighted by Crippen LogP contribution is -2.71. The smallest absolute Gasteiger partial charge is 0.231 e. The molecule has 6 nitrogen and oxygen atoms in total. The zero-order valence-corrected chi connectivity index (χ0v) is 11.4. The Kier molecular flexibility index (Phi) is 3.70. The van der Waals surface area contributed by atoms with E-state index < -0.39 is 5.79 Å². The van der Waals surface area contributed by atoms with Crippen molar-refractivity contribution in [1.29, 1.82) is 0 Å². The van der Waals surface area contributed by atoms with Crippen LogP contribution < -0.4 is 21.5 Å². The normalized spacial score (nSPS) is 18.2. The predicted molar refractivity (Wildman–Crippen MR) is 75.0 cm³/mol. The molecule has 1 aliphatic heterocycles. The largest absolute Gasteiger partial charge is 0.497 e. The molecule has 0 aliphatic carbocycles. The Bertz CT molecular complexity index is 501. The summed E-state index contributed by atoms with van der Waals surface area (Å²) >= 11 is 5.11. The maximum absolute atomic E-state index is 11.4. The molecular formula is C12H16N4O2S. The number of carbonyl (C=O) groups is 1. The fourth-order valence-corrected chi connectivity index (χ4v) is 2.25. The Labute approximate surface area is 116 Å². The Morgan fingerprint density at radius 2 is 2.05 bits per heavy atom.